The average Bonchev–Trinajstić information content (AvgIpc) is 3.04. The van der Waals surface area contributed by atoms with Gasteiger partial charge in [0.1, 0.15) is 0 Å². The first-order chi connectivity index (χ1) is 11.7. The molecule has 0 spiro atoms. The fraction of sp³-hybridized carbons (Fsp3) is 0.444. The molecule has 5 nitrogen and oxygen atoms in total. The van der Waals surface area contributed by atoms with E-state index in [2.05, 4.69) is 20.5 Å². The fourth-order valence-electron chi connectivity index (χ4n) is 3.22. The van der Waals surface area contributed by atoms with E-state index in [0.29, 0.717) is 11.8 Å². The molecule has 0 aromatic carbocycles. The number of esters is 1. The number of piperidine rings is 1. The van der Waals surface area contributed by atoms with Gasteiger partial charge in [-0.2, -0.15) is 0 Å². The summed E-state index contributed by atoms with van der Waals surface area (Å²) in [5, 5.41) is 0.484. The Kier molecular flexibility index (Phi) is 5.53. The maximum Gasteiger partial charge on any atom is 0.310 e. The first-order valence-electron chi connectivity index (χ1n) is 8.35. The molecule has 3 heterocycles. The summed E-state index contributed by atoms with van der Waals surface area (Å²) in [6.45, 7) is 4.79. The minimum absolute atomic E-state index is 0.0240. The van der Waals surface area contributed by atoms with Gasteiger partial charge >= 0.3 is 5.97 Å². The second kappa shape index (κ2) is 7.81. The molecule has 0 radical (unpaired) electrons. The molecule has 0 N–H and O–H groups in total. The quantitative estimate of drug-likeness (QED) is 0.615. The Morgan fingerprint density at radius 3 is 3.08 bits per heavy atom. The lowest BCUT2D eigenvalue weighted by atomic mass is 9.98. The van der Waals surface area contributed by atoms with Crippen molar-refractivity contribution in [1.82, 2.24) is 14.5 Å². The van der Waals surface area contributed by atoms with Crippen LogP contribution >= 0.6 is 11.6 Å². The number of ether oxygens (including phenoxy) is 1. The Morgan fingerprint density at radius 2 is 2.29 bits per heavy atom. The predicted octanol–water partition coefficient (Wildman–Crippen LogP) is 3.30. The van der Waals surface area contributed by atoms with Crippen LogP contribution in [0.15, 0.2) is 36.7 Å². The summed E-state index contributed by atoms with van der Waals surface area (Å²) < 4.78 is 7.24. The van der Waals surface area contributed by atoms with Gasteiger partial charge in [-0.05, 0) is 50.6 Å². The molecule has 1 fully saturated rings. The zero-order chi connectivity index (χ0) is 16.9. The van der Waals surface area contributed by atoms with Crippen LogP contribution in [0, 0.1) is 5.92 Å². The van der Waals surface area contributed by atoms with Crippen molar-refractivity contribution in [3.63, 3.8) is 0 Å². The minimum Gasteiger partial charge on any atom is -0.466 e. The van der Waals surface area contributed by atoms with Gasteiger partial charge in [0.2, 0.25) is 0 Å². The van der Waals surface area contributed by atoms with E-state index in [0.717, 1.165) is 43.9 Å². The second-order valence-corrected chi connectivity index (χ2v) is 6.37. The van der Waals surface area contributed by atoms with E-state index >= 15 is 0 Å². The van der Waals surface area contributed by atoms with Crippen LogP contribution in [0.1, 0.15) is 25.5 Å². The van der Waals surface area contributed by atoms with Gasteiger partial charge in [-0.15, -0.1) is 0 Å². The standard InChI is InChI=1S/C18H22ClN3O2/c1-2-24-18(23)14-6-4-10-21(12-14)13-15-7-5-11-22(15)16-8-3-9-20-17(16)19/h3,5,7-9,11,14H,2,4,6,10,12-13H2,1H3. The lowest BCUT2D eigenvalue weighted by molar-refractivity contribution is -0.150. The zero-order valence-corrected chi connectivity index (χ0v) is 14.6. The number of pyridine rings is 1. The molecule has 0 saturated carbocycles. The zero-order valence-electron chi connectivity index (χ0n) is 13.8. The van der Waals surface area contributed by atoms with E-state index in [1.807, 2.05) is 31.3 Å². The van der Waals surface area contributed by atoms with Gasteiger partial charge in [0.25, 0.3) is 0 Å². The molecular weight excluding hydrogens is 326 g/mol. The predicted molar refractivity (Wildman–Crippen MR) is 93.2 cm³/mol. The molecule has 128 valence electrons. The molecule has 1 atom stereocenters. The number of aromatic nitrogens is 2. The third-order valence-corrected chi connectivity index (χ3v) is 4.63. The first-order valence-corrected chi connectivity index (χ1v) is 8.73. The molecule has 1 aliphatic rings. The van der Waals surface area contributed by atoms with E-state index in [-0.39, 0.29) is 11.9 Å². The average molecular weight is 348 g/mol. The molecule has 1 aliphatic heterocycles. The third-order valence-electron chi connectivity index (χ3n) is 4.34. The van der Waals surface area contributed by atoms with Crippen LogP contribution in [-0.4, -0.2) is 40.1 Å². The van der Waals surface area contributed by atoms with Gasteiger partial charge in [0.15, 0.2) is 5.15 Å². The van der Waals surface area contributed by atoms with Crippen molar-refractivity contribution in [3.8, 4) is 5.69 Å². The van der Waals surface area contributed by atoms with E-state index in [1.165, 1.54) is 0 Å². The number of hydrogen-bond acceptors (Lipinski definition) is 4. The van der Waals surface area contributed by atoms with Crippen LogP contribution in [0.25, 0.3) is 5.69 Å². The lowest BCUT2D eigenvalue weighted by Crippen LogP contribution is -2.39. The van der Waals surface area contributed by atoms with Crippen molar-refractivity contribution in [2.75, 3.05) is 19.7 Å². The lowest BCUT2D eigenvalue weighted by Gasteiger charge is -2.31. The molecule has 2 aromatic heterocycles. The maximum absolute atomic E-state index is 12.0. The highest BCUT2D eigenvalue weighted by atomic mass is 35.5. The molecule has 0 amide bonds. The van der Waals surface area contributed by atoms with Crippen molar-refractivity contribution in [3.05, 3.63) is 47.5 Å². The van der Waals surface area contributed by atoms with Crippen LogP contribution in [0.2, 0.25) is 5.15 Å². The third kappa shape index (κ3) is 3.79. The van der Waals surface area contributed by atoms with Crippen LogP contribution < -0.4 is 0 Å². The number of carbonyl (C=O) groups is 1. The molecule has 1 saturated heterocycles. The van der Waals surface area contributed by atoms with E-state index in [1.54, 1.807) is 6.20 Å². The van der Waals surface area contributed by atoms with Gasteiger partial charge in [-0.3, -0.25) is 9.69 Å². The van der Waals surface area contributed by atoms with Crippen molar-refractivity contribution >= 4 is 17.6 Å². The summed E-state index contributed by atoms with van der Waals surface area (Å²) in [4.78, 5) is 18.5. The monoisotopic (exact) mass is 347 g/mol. The summed E-state index contributed by atoms with van der Waals surface area (Å²) in [6, 6.07) is 7.92. The Hall–Kier alpha value is -1.85. The summed E-state index contributed by atoms with van der Waals surface area (Å²) in [7, 11) is 0. The van der Waals surface area contributed by atoms with E-state index < -0.39 is 0 Å². The Morgan fingerprint density at radius 1 is 1.42 bits per heavy atom. The SMILES string of the molecule is CCOC(=O)C1CCCN(Cc2cccn2-c2cccnc2Cl)C1. The smallest absolute Gasteiger partial charge is 0.310 e. The van der Waals surface area contributed by atoms with Crippen LogP contribution in [-0.2, 0) is 16.1 Å². The highest BCUT2D eigenvalue weighted by molar-refractivity contribution is 6.31. The molecule has 0 bridgehead atoms. The topological polar surface area (TPSA) is 47.4 Å². The van der Waals surface area contributed by atoms with Gasteiger partial charge in [0.05, 0.1) is 18.2 Å². The number of carbonyl (C=O) groups excluding carboxylic acids is 1. The maximum atomic E-state index is 12.0. The number of hydrogen-bond donors (Lipinski definition) is 0. The second-order valence-electron chi connectivity index (χ2n) is 6.01. The molecule has 0 aliphatic carbocycles. The Labute approximate surface area is 147 Å². The highest BCUT2D eigenvalue weighted by Gasteiger charge is 2.27. The number of halogens is 1. The molecule has 6 heteroatoms. The van der Waals surface area contributed by atoms with Gasteiger partial charge < -0.3 is 9.30 Å². The van der Waals surface area contributed by atoms with E-state index in [4.69, 9.17) is 16.3 Å². The Balaban J connectivity index is 1.72. The van der Waals surface area contributed by atoms with Crippen LogP contribution in [0.4, 0.5) is 0 Å². The van der Waals surface area contributed by atoms with Crippen LogP contribution in [0.3, 0.4) is 0 Å². The molecule has 1 unspecified atom stereocenters. The van der Waals surface area contributed by atoms with Crippen molar-refractivity contribution in [1.29, 1.82) is 0 Å². The number of rotatable bonds is 5. The fourth-order valence-corrected chi connectivity index (χ4v) is 3.43. The highest BCUT2D eigenvalue weighted by Crippen LogP contribution is 2.23. The van der Waals surface area contributed by atoms with Crippen molar-refractivity contribution in [2.24, 2.45) is 5.92 Å². The molecule has 2 aromatic rings. The summed E-state index contributed by atoms with van der Waals surface area (Å²) in [5.41, 5.74) is 2.01. The van der Waals surface area contributed by atoms with Gasteiger partial charge in [-0.1, -0.05) is 11.6 Å². The van der Waals surface area contributed by atoms with Crippen LogP contribution in [0.5, 0.6) is 0 Å². The van der Waals surface area contributed by atoms with Gasteiger partial charge in [-0.25, -0.2) is 4.98 Å². The number of nitrogens with zero attached hydrogens (tertiary/aromatic N) is 3. The first kappa shape index (κ1) is 17.0. The molecular formula is C18H22ClN3O2. The molecule has 24 heavy (non-hydrogen) atoms. The summed E-state index contributed by atoms with van der Waals surface area (Å²) >= 11 is 6.22. The summed E-state index contributed by atoms with van der Waals surface area (Å²) in [5.74, 6) is -0.100. The number of likely N-dealkylation sites (tertiary alicyclic amines) is 1. The van der Waals surface area contributed by atoms with Crippen molar-refractivity contribution < 1.29 is 9.53 Å². The van der Waals surface area contributed by atoms with Crippen molar-refractivity contribution in [2.45, 2.75) is 26.3 Å². The molecule has 3 rings (SSSR count). The Bertz CT molecular complexity index is 701. The largest absolute Gasteiger partial charge is 0.466 e. The normalized spacial score (nSPS) is 18.5. The minimum atomic E-state index is -0.0760. The van der Waals surface area contributed by atoms with Gasteiger partial charge in [0, 0.05) is 31.2 Å². The van der Waals surface area contributed by atoms with E-state index in [9.17, 15) is 4.79 Å². The summed E-state index contributed by atoms with van der Waals surface area (Å²) in [6.07, 6.45) is 5.59.